The van der Waals surface area contributed by atoms with Crippen molar-refractivity contribution in [1.82, 2.24) is 10.2 Å². The van der Waals surface area contributed by atoms with Gasteiger partial charge in [0.2, 0.25) is 11.8 Å². The highest BCUT2D eigenvalue weighted by Gasteiger charge is 2.26. The van der Waals surface area contributed by atoms with E-state index in [1.54, 1.807) is 0 Å². The quantitative estimate of drug-likeness (QED) is 0.758. The molecular formula is C20H31N3O2. The Morgan fingerprint density at radius 1 is 1.20 bits per heavy atom. The van der Waals surface area contributed by atoms with Crippen LogP contribution in [-0.4, -0.2) is 42.4 Å². The molecule has 1 fully saturated rings. The number of rotatable bonds is 8. The number of carbonyl (C=O) groups excluding carboxylic acids is 2. The van der Waals surface area contributed by atoms with Crippen molar-refractivity contribution in [3.05, 3.63) is 35.4 Å². The molecule has 1 saturated heterocycles. The Kier molecular flexibility index (Phi) is 7.92. The average molecular weight is 345 g/mol. The monoisotopic (exact) mass is 345 g/mol. The molecule has 138 valence electrons. The van der Waals surface area contributed by atoms with Crippen molar-refractivity contribution in [2.24, 2.45) is 5.73 Å². The minimum Gasteiger partial charge on any atom is -0.354 e. The molecule has 5 heteroatoms. The molecule has 5 nitrogen and oxygen atoms in total. The van der Waals surface area contributed by atoms with E-state index in [0.29, 0.717) is 25.9 Å². The van der Waals surface area contributed by atoms with Crippen LogP contribution in [0.3, 0.4) is 0 Å². The molecule has 1 unspecified atom stereocenters. The number of piperidine rings is 1. The molecule has 2 rings (SSSR count). The van der Waals surface area contributed by atoms with Gasteiger partial charge in [-0.3, -0.25) is 9.59 Å². The summed E-state index contributed by atoms with van der Waals surface area (Å²) in [5, 5.41) is 2.91. The average Bonchev–Trinajstić information content (AvgIpc) is 2.62. The van der Waals surface area contributed by atoms with Gasteiger partial charge in [-0.25, -0.2) is 0 Å². The summed E-state index contributed by atoms with van der Waals surface area (Å²) in [5.74, 6) is 0.185. The summed E-state index contributed by atoms with van der Waals surface area (Å²) >= 11 is 0. The molecule has 2 amide bonds. The lowest BCUT2D eigenvalue weighted by Crippen LogP contribution is -2.49. The lowest BCUT2D eigenvalue weighted by Gasteiger charge is -2.36. The number of nitrogens with one attached hydrogen (secondary N) is 1. The van der Waals surface area contributed by atoms with Crippen molar-refractivity contribution in [2.45, 2.75) is 57.9 Å². The number of carbonyl (C=O) groups is 2. The summed E-state index contributed by atoms with van der Waals surface area (Å²) < 4.78 is 0. The van der Waals surface area contributed by atoms with Gasteiger partial charge in [0, 0.05) is 38.5 Å². The predicted octanol–water partition coefficient (Wildman–Crippen LogP) is 2.16. The SMILES string of the molecule is Cc1ccc(CCCC(=O)N2CCCCC2CNC(=O)CCN)cc1. The molecule has 1 aliphatic rings. The van der Waals surface area contributed by atoms with Crippen molar-refractivity contribution < 1.29 is 9.59 Å². The van der Waals surface area contributed by atoms with Crippen LogP contribution in [0, 0.1) is 6.92 Å². The largest absolute Gasteiger partial charge is 0.354 e. The second kappa shape index (κ2) is 10.2. The van der Waals surface area contributed by atoms with Gasteiger partial charge in [0.25, 0.3) is 0 Å². The van der Waals surface area contributed by atoms with Gasteiger partial charge < -0.3 is 16.0 Å². The minimum atomic E-state index is -0.0279. The van der Waals surface area contributed by atoms with Crippen LogP contribution in [0.1, 0.15) is 49.7 Å². The molecule has 0 bridgehead atoms. The third-order valence-electron chi connectivity index (χ3n) is 4.83. The van der Waals surface area contributed by atoms with Crippen LogP contribution in [0.4, 0.5) is 0 Å². The first kappa shape index (κ1) is 19.4. The Hall–Kier alpha value is -1.88. The molecule has 1 aromatic carbocycles. The van der Waals surface area contributed by atoms with Gasteiger partial charge in [-0.1, -0.05) is 29.8 Å². The van der Waals surface area contributed by atoms with Gasteiger partial charge in [-0.05, 0) is 44.6 Å². The maximum Gasteiger partial charge on any atom is 0.222 e. The standard InChI is InChI=1S/C20H31N3O2/c1-16-8-10-17(11-9-16)5-4-7-20(25)23-14-3-2-6-18(23)15-22-19(24)12-13-21/h8-11,18H,2-7,12-15,21H2,1H3,(H,22,24). The van der Waals surface area contributed by atoms with Crippen molar-refractivity contribution in [1.29, 1.82) is 0 Å². The molecule has 1 atom stereocenters. The maximum absolute atomic E-state index is 12.6. The van der Waals surface area contributed by atoms with E-state index in [2.05, 4.69) is 36.5 Å². The van der Waals surface area contributed by atoms with Crippen molar-refractivity contribution in [2.75, 3.05) is 19.6 Å². The van der Waals surface area contributed by atoms with E-state index in [1.807, 2.05) is 4.90 Å². The number of hydrogen-bond acceptors (Lipinski definition) is 3. The van der Waals surface area contributed by atoms with Crippen molar-refractivity contribution in [3.8, 4) is 0 Å². The molecule has 1 heterocycles. The topological polar surface area (TPSA) is 75.4 Å². The first-order valence-electron chi connectivity index (χ1n) is 9.42. The Labute approximate surface area is 151 Å². The summed E-state index contributed by atoms with van der Waals surface area (Å²) in [6, 6.07) is 8.62. The van der Waals surface area contributed by atoms with Crippen LogP contribution in [0.5, 0.6) is 0 Å². The van der Waals surface area contributed by atoms with E-state index in [0.717, 1.165) is 38.6 Å². The van der Waals surface area contributed by atoms with Gasteiger partial charge in [0.1, 0.15) is 0 Å². The van der Waals surface area contributed by atoms with Crippen molar-refractivity contribution >= 4 is 11.8 Å². The van der Waals surface area contributed by atoms with Crippen LogP contribution in [0.2, 0.25) is 0 Å². The smallest absolute Gasteiger partial charge is 0.222 e. The number of aryl methyl sites for hydroxylation is 2. The van der Waals surface area contributed by atoms with Crippen LogP contribution < -0.4 is 11.1 Å². The summed E-state index contributed by atoms with van der Waals surface area (Å²) in [6.07, 6.45) is 5.84. The summed E-state index contributed by atoms with van der Waals surface area (Å²) in [5.41, 5.74) is 7.94. The van der Waals surface area contributed by atoms with Crippen LogP contribution in [0.15, 0.2) is 24.3 Å². The fourth-order valence-electron chi connectivity index (χ4n) is 3.33. The van der Waals surface area contributed by atoms with E-state index < -0.39 is 0 Å². The molecule has 0 aliphatic carbocycles. The number of likely N-dealkylation sites (tertiary alicyclic amines) is 1. The zero-order valence-electron chi connectivity index (χ0n) is 15.3. The molecule has 0 aromatic heterocycles. The summed E-state index contributed by atoms with van der Waals surface area (Å²) in [7, 11) is 0. The van der Waals surface area contributed by atoms with Crippen LogP contribution in [0.25, 0.3) is 0 Å². The maximum atomic E-state index is 12.6. The highest BCUT2D eigenvalue weighted by atomic mass is 16.2. The van der Waals surface area contributed by atoms with E-state index >= 15 is 0 Å². The Morgan fingerprint density at radius 3 is 2.68 bits per heavy atom. The molecule has 0 saturated carbocycles. The Bertz CT molecular complexity index is 557. The first-order valence-corrected chi connectivity index (χ1v) is 9.42. The lowest BCUT2D eigenvalue weighted by atomic mass is 10.0. The normalized spacial score (nSPS) is 17.4. The lowest BCUT2D eigenvalue weighted by molar-refractivity contribution is -0.135. The van der Waals surface area contributed by atoms with Crippen molar-refractivity contribution in [3.63, 3.8) is 0 Å². The van der Waals surface area contributed by atoms with E-state index in [-0.39, 0.29) is 17.9 Å². The molecule has 1 aromatic rings. The number of nitrogens with zero attached hydrogens (tertiary/aromatic N) is 1. The Balaban J connectivity index is 1.78. The molecule has 0 spiro atoms. The summed E-state index contributed by atoms with van der Waals surface area (Å²) in [4.78, 5) is 26.2. The zero-order valence-corrected chi connectivity index (χ0v) is 15.3. The van der Waals surface area contributed by atoms with Crippen LogP contribution in [-0.2, 0) is 16.0 Å². The van der Waals surface area contributed by atoms with E-state index in [9.17, 15) is 9.59 Å². The van der Waals surface area contributed by atoms with Gasteiger partial charge in [-0.2, -0.15) is 0 Å². The molecule has 25 heavy (non-hydrogen) atoms. The van der Waals surface area contributed by atoms with E-state index in [1.165, 1.54) is 11.1 Å². The fourth-order valence-corrected chi connectivity index (χ4v) is 3.33. The van der Waals surface area contributed by atoms with Gasteiger partial charge in [0.15, 0.2) is 0 Å². The molecule has 3 N–H and O–H groups in total. The first-order chi connectivity index (χ1) is 12.1. The third kappa shape index (κ3) is 6.50. The second-order valence-corrected chi connectivity index (χ2v) is 6.92. The zero-order chi connectivity index (χ0) is 18.1. The second-order valence-electron chi connectivity index (χ2n) is 6.92. The van der Waals surface area contributed by atoms with Gasteiger partial charge in [-0.15, -0.1) is 0 Å². The highest BCUT2D eigenvalue weighted by Crippen LogP contribution is 2.18. The van der Waals surface area contributed by atoms with Gasteiger partial charge >= 0.3 is 0 Å². The van der Waals surface area contributed by atoms with Crippen LogP contribution >= 0.6 is 0 Å². The third-order valence-corrected chi connectivity index (χ3v) is 4.83. The molecular weight excluding hydrogens is 314 g/mol. The van der Waals surface area contributed by atoms with E-state index in [4.69, 9.17) is 5.73 Å². The number of amides is 2. The number of benzene rings is 1. The predicted molar refractivity (Wildman–Crippen MR) is 100 cm³/mol. The number of nitrogens with two attached hydrogens (primary N) is 1. The Morgan fingerprint density at radius 2 is 1.96 bits per heavy atom. The van der Waals surface area contributed by atoms with Gasteiger partial charge in [0.05, 0.1) is 0 Å². The molecule has 0 radical (unpaired) electrons. The summed E-state index contributed by atoms with van der Waals surface area (Å²) in [6.45, 7) is 3.79. The highest BCUT2D eigenvalue weighted by molar-refractivity contribution is 5.77. The fraction of sp³-hybridized carbons (Fsp3) is 0.600. The molecule has 1 aliphatic heterocycles. The minimum absolute atomic E-state index is 0.0279. The number of hydrogen-bond donors (Lipinski definition) is 2.